The molecule has 0 fully saturated rings. The Hall–Kier alpha value is -1.20. The molecular formula is C13H24N4O. The van der Waals surface area contributed by atoms with E-state index in [-0.39, 0.29) is 0 Å². The van der Waals surface area contributed by atoms with Gasteiger partial charge in [0.15, 0.2) is 0 Å². The third-order valence-electron chi connectivity index (χ3n) is 2.99. The fourth-order valence-electron chi connectivity index (χ4n) is 1.72. The van der Waals surface area contributed by atoms with Crippen molar-refractivity contribution in [3.05, 3.63) is 18.0 Å². The van der Waals surface area contributed by atoms with Crippen molar-refractivity contribution < 1.29 is 4.74 Å². The lowest BCUT2D eigenvalue weighted by molar-refractivity contribution is 0.203. The smallest absolute Gasteiger partial charge is 0.225 e. The molecule has 0 aliphatic rings. The van der Waals surface area contributed by atoms with Crippen LogP contribution in [0.25, 0.3) is 0 Å². The second-order valence-corrected chi connectivity index (χ2v) is 4.37. The summed E-state index contributed by atoms with van der Waals surface area (Å²) in [6.45, 7) is 6.64. The zero-order valence-electron chi connectivity index (χ0n) is 11.8. The van der Waals surface area contributed by atoms with Crippen molar-refractivity contribution in [1.29, 1.82) is 0 Å². The summed E-state index contributed by atoms with van der Waals surface area (Å²) in [5.74, 6) is 0.779. The molecule has 1 aromatic rings. The lowest BCUT2D eigenvalue weighted by atomic mass is 10.2. The van der Waals surface area contributed by atoms with Crippen LogP contribution in [0.15, 0.2) is 12.4 Å². The summed E-state index contributed by atoms with van der Waals surface area (Å²) in [7, 11) is 3.63. The Kier molecular flexibility index (Phi) is 6.60. The molecule has 5 nitrogen and oxygen atoms in total. The van der Waals surface area contributed by atoms with Crippen LogP contribution in [0.5, 0.6) is 0 Å². The van der Waals surface area contributed by atoms with E-state index in [4.69, 9.17) is 4.74 Å². The Morgan fingerprint density at radius 2 is 2.06 bits per heavy atom. The minimum absolute atomic E-state index is 0.412. The van der Waals surface area contributed by atoms with E-state index >= 15 is 0 Å². The molecule has 18 heavy (non-hydrogen) atoms. The standard InChI is InChI=1S/C13H24N4O/c1-5-11(2)17(6-7-18-4)13-15-9-12(8-14-3)10-16-13/h9-11,14H,5-8H2,1-4H3. The molecule has 1 N–H and O–H groups in total. The average Bonchev–Trinajstić information content (AvgIpc) is 2.41. The molecule has 0 saturated heterocycles. The Morgan fingerprint density at radius 1 is 1.39 bits per heavy atom. The molecule has 1 rings (SSSR count). The first-order chi connectivity index (χ1) is 8.72. The summed E-state index contributed by atoms with van der Waals surface area (Å²) < 4.78 is 5.14. The van der Waals surface area contributed by atoms with Gasteiger partial charge in [0.05, 0.1) is 6.61 Å². The fraction of sp³-hybridized carbons (Fsp3) is 0.692. The number of nitrogens with zero attached hydrogens (tertiary/aromatic N) is 3. The molecule has 102 valence electrons. The molecular weight excluding hydrogens is 228 g/mol. The lowest BCUT2D eigenvalue weighted by Gasteiger charge is -2.28. The maximum atomic E-state index is 5.14. The van der Waals surface area contributed by atoms with Crippen LogP contribution in [-0.2, 0) is 11.3 Å². The highest BCUT2D eigenvalue weighted by Crippen LogP contribution is 2.13. The molecule has 0 aliphatic heterocycles. The van der Waals surface area contributed by atoms with Crippen LogP contribution >= 0.6 is 0 Å². The van der Waals surface area contributed by atoms with E-state index in [1.54, 1.807) is 7.11 Å². The van der Waals surface area contributed by atoms with E-state index < -0.39 is 0 Å². The van der Waals surface area contributed by atoms with Crippen molar-refractivity contribution in [3.8, 4) is 0 Å². The van der Waals surface area contributed by atoms with E-state index in [0.29, 0.717) is 12.6 Å². The Labute approximate surface area is 110 Å². The highest BCUT2D eigenvalue weighted by molar-refractivity contribution is 5.31. The van der Waals surface area contributed by atoms with Crippen molar-refractivity contribution in [3.63, 3.8) is 0 Å². The van der Waals surface area contributed by atoms with Crippen molar-refractivity contribution in [1.82, 2.24) is 15.3 Å². The second-order valence-electron chi connectivity index (χ2n) is 4.37. The molecule has 1 unspecified atom stereocenters. The minimum Gasteiger partial charge on any atom is -0.383 e. The zero-order chi connectivity index (χ0) is 13.4. The first kappa shape index (κ1) is 14.9. The summed E-state index contributed by atoms with van der Waals surface area (Å²) in [5, 5.41) is 3.09. The third-order valence-corrected chi connectivity index (χ3v) is 2.99. The Bertz CT molecular complexity index is 328. The van der Waals surface area contributed by atoms with Gasteiger partial charge in [0.1, 0.15) is 0 Å². The Balaban J connectivity index is 2.77. The third kappa shape index (κ3) is 4.23. The highest BCUT2D eigenvalue weighted by atomic mass is 16.5. The number of nitrogens with one attached hydrogen (secondary N) is 1. The fourth-order valence-corrected chi connectivity index (χ4v) is 1.72. The summed E-state index contributed by atoms with van der Waals surface area (Å²) in [6.07, 6.45) is 4.81. The maximum Gasteiger partial charge on any atom is 0.225 e. The van der Waals surface area contributed by atoms with Gasteiger partial charge >= 0.3 is 0 Å². The predicted molar refractivity (Wildman–Crippen MR) is 73.8 cm³/mol. The van der Waals surface area contributed by atoms with E-state index in [0.717, 1.165) is 31.0 Å². The monoisotopic (exact) mass is 252 g/mol. The first-order valence-corrected chi connectivity index (χ1v) is 6.44. The number of rotatable bonds is 8. The van der Waals surface area contributed by atoms with Crippen LogP contribution in [0.3, 0.4) is 0 Å². The molecule has 0 aromatic carbocycles. The molecule has 0 bridgehead atoms. The molecule has 0 radical (unpaired) electrons. The highest BCUT2D eigenvalue weighted by Gasteiger charge is 2.15. The molecule has 0 saturated carbocycles. The average molecular weight is 252 g/mol. The van der Waals surface area contributed by atoms with Crippen LogP contribution in [0.2, 0.25) is 0 Å². The molecule has 0 aliphatic carbocycles. The molecule has 5 heteroatoms. The van der Waals surface area contributed by atoms with Gasteiger partial charge in [-0.05, 0) is 20.4 Å². The number of hydrogen-bond donors (Lipinski definition) is 1. The topological polar surface area (TPSA) is 50.3 Å². The largest absolute Gasteiger partial charge is 0.383 e. The number of anilines is 1. The second kappa shape index (κ2) is 8.00. The van der Waals surface area contributed by atoms with Crippen LogP contribution in [0, 0.1) is 0 Å². The molecule has 1 heterocycles. The van der Waals surface area contributed by atoms with Crippen molar-refractivity contribution >= 4 is 5.95 Å². The van der Waals surface area contributed by atoms with E-state index in [2.05, 4.69) is 34.0 Å². The lowest BCUT2D eigenvalue weighted by Crippen LogP contribution is -2.36. The van der Waals surface area contributed by atoms with Crippen molar-refractivity contribution in [2.75, 3.05) is 32.2 Å². The van der Waals surface area contributed by atoms with Crippen LogP contribution in [-0.4, -0.2) is 43.3 Å². The quantitative estimate of drug-likeness (QED) is 0.759. The Morgan fingerprint density at radius 3 is 2.56 bits per heavy atom. The SMILES string of the molecule is CCC(C)N(CCOC)c1ncc(CNC)cn1. The number of ether oxygens (including phenoxy) is 1. The summed E-state index contributed by atoms with van der Waals surface area (Å²) in [4.78, 5) is 11.1. The van der Waals surface area contributed by atoms with E-state index in [1.165, 1.54) is 0 Å². The molecule has 0 amide bonds. The van der Waals surface area contributed by atoms with Gasteiger partial charge in [-0.2, -0.15) is 0 Å². The molecule has 0 spiro atoms. The van der Waals surface area contributed by atoms with Gasteiger partial charge < -0.3 is 15.0 Å². The maximum absolute atomic E-state index is 5.14. The van der Waals surface area contributed by atoms with Gasteiger partial charge in [-0.25, -0.2) is 9.97 Å². The normalized spacial score (nSPS) is 12.4. The number of methoxy groups -OCH3 is 1. The predicted octanol–water partition coefficient (Wildman–Crippen LogP) is 1.45. The summed E-state index contributed by atoms with van der Waals surface area (Å²) in [5.41, 5.74) is 1.09. The number of aromatic nitrogens is 2. The van der Waals surface area contributed by atoms with Gasteiger partial charge in [0.25, 0.3) is 0 Å². The van der Waals surface area contributed by atoms with Gasteiger partial charge in [0, 0.05) is 44.2 Å². The van der Waals surface area contributed by atoms with Crippen LogP contribution in [0.4, 0.5) is 5.95 Å². The number of hydrogen-bond acceptors (Lipinski definition) is 5. The zero-order valence-corrected chi connectivity index (χ0v) is 11.8. The summed E-state index contributed by atoms with van der Waals surface area (Å²) >= 11 is 0. The first-order valence-electron chi connectivity index (χ1n) is 6.44. The molecule has 1 aromatic heterocycles. The van der Waals surface area contributed by atoms with E-state index in [1.807, 2.05) is 19.4 Å². The van der Waals surface area contributed by atoms with Gasteiger partial charge in [-0.3, -0.25) is 0 Å². The van der Waals surface area contributed by atoms with Crippen molar-refractivity contribution in [2.24, 2.45) is 0 Å². The minimum atomic E-state index is 0.412. The van der Waals surface area contributed by atoms with E-state index in [9.17, 15) is 0 Å². The summed E-state index contributed by atoms with van der Waals surface area (Å²) in [6, 6.07) is 0.412. The van der Waals surface area contributed by atoms with Crippen LogP contribution < -0.4 is 10.2 Å². The van der Waals surface area contributed by atoms with Gasteiger partial charge in [-0.15, -0.1) is 0 Å². The van der Waals surface area contributed by atoms with Gasteiger partial charge in [-0.1, -0.05) is 6.92 Å². The molecule has 1 atom stereocenters. The van der Waals surface area contributed by atoms with Crippen LogP contribution in [0.1, 0.15) is 25.8 Å². The van der Waals surface area contributed by atoms with Gasteiger partial charge in [0.2, 0.25) is 5.95 Å². The van der Waals surface area contributed by atoms with Crippen molar-refractivity contribution in [2.45, 2.75) is 32.9 Å².